The number of nitrogens with two attached hydrogens (primary N) is 1. The predicted octanol–water partition coefficient (Wildman–Crippen LogP) is 2.40. The average Bonchev–Trinajstić information content (AvgIpc) is 2.81. The minimum Gasteiger partial charge on any atom is -0.496 e. The topological polar surface area (TPSA) is 79.4 Å². The molecule has 0 aliphatic carbocycles. The summed E-state index contributed by atoms with van der Waals surface area (Å²) in [4.78, 5) is 15.7. The lowest BCUT2D eigenvalue weighted by Gasteiger charge is -2.08. The van der Waals surface area contributed by atoms with Gasteiger partial charge in [-0.05, 0) is 41.1 Å². The van der Waals surface area contributed by atoms with Crippen LogP contribution in [0.15, 0.2) is 29.0 Å². The molecule has 0 spiro atoms. The average molecular weight is 340 g/mol. The number of imidazole rings is 1. The summed E-state index contributed by atoms with van der Waals surface area (Å²) in [6, 6.07) is 5.44. The van der Waals surface area contributed by atoms with Gasteiger partial charge in [0, 0.05) is 5.69 Å². The molecular formula is C13H14BrN3O3. The molecule has 6 nitrogen and oxygen atoms in total. The van der Waals surface area contributed by atoms with E-state index in [0.29, 0.717) is 5.75 Å². The zero-order chi connectivity index (χ0) is 14.7. The van der Waals surface area contributed by atoms with Gasteiger partial charge in [-0.2, -0.15) is 0 Å². The van der Waals surface area contributed by atoms with Crippen molar-refractivity contribution in [3.8, 4) is 11.4 Å². The standard InChI is InChI=1S/C13H14BrN3O3/c1-3-20-13(18)11-12(15)17(7-16-11)8-4-5-10(19-2)9(14)6-8/h4-7H,3,15H2,1-2H3. The van der Waals surface area contributed by atoms with Crippen LogP contribution in [-0.4, -0.2) is 29.2 Å². The molecule has 2 N–H and O–H groups in total. The molecule has 2 aromatic rings. The summed E-state index contributed by atoms with van der Waals surface area (Å²) in [5.74, 6) is 0.412. The Bertz CT molecular complexity index is 640. The summed E-state index contributed by atoms with van der Waals surface area (Å²) in [5.41, 5.74) is 6.81. The van der Waals surface area contributed by atoms with Crippen molar-refractivity contribution >= 4 is 27.7 Å². The van der Waals surface area contributed by atoms with Crippen LogP contribution < -0.4 is 10.5 Å². The van der Waals surface area contributed by atoms with Crippen molar-refractivity contribution in [2.75, 3.05) is 19.5 Å². The highest BCUT2D eigenvalue weighted by molar-refractivity contribution is 9.10. The molecule has 0 atom stereocenters. The Morgan fingerprint density at radius 1 is 1.50 bits per heavy atom. The van der Waals surface area contributed by atoms with Crippen molar-refractivity contribution in [2.45, 2.75) is 6.92 Å². The summed E-state index contributed by atoms with van der Waals surface area (Å²) in [6.45, 7) is 2.00. The maximum Gasteiger partial charge on any atom is 0.360 e. The van der Waals surface area contributed by atoms with Gasteiger partial charge in [-0.3, -0.25) is 4.57 Å². The smallest absolute Gasteiger partial charge is 0.360 e. The van der Waals surface area contributed by atoms with E-state index < -0.39 is 5.97 Å². The zero-order valence-electron chi connectivity index (χ0n) is 11.1. The van der Waals surface area contributed by atoms with Crippen LogP contribution in [0, 0.1) is 0 Å². The molecule has 106 valence electrons. The number of nitrogen functional groups attached to an aromatic ring is 1. The van der Waals surface area contributed by atoms with E-state index in [9.17, 15) is 4.79 Å². The Morgan fingerprint density at radius 3 is 2.85 bits per heavy atom. The Morgan fingerprint density at radius 2 is 2.25 bits per heavy atom. The van der Waals surface area contributed by atoms with E-state index in [1.807, 2.05) is 12.1 Å². The van der Waals surface area contributed by atoms with Crippen molar-refractivity contribution in [1.29, 1.82) is 0 Å². The van der Waals surface area contributed by atoms with E-state index >= 15 is 0 Å². The van der Waals surface area contributed by atoms with E-state index in [0.717, 1.165) is 10.2 Å². The molecule has 1 aromatic heterocycles. The number of carbonyl (C=O) groups is 1. The Labute approximate surface area is 124 Å². The van der Waals surface area contributed by atoms with Gasteiger partial charge < -0.3 is 15.2 Å². The third-order valence-electron chi connectivity index (χ3n) is 2.69. The molecule has 20 heavy (non-hydrogen) atoms. The van der Waals surface area contributed by atoms with E-state index in [1.54, 1.807) is 24.7 Å². The minimum absolute atomic E-state index is 0.110. The van der Waals surface area contributed by atoms with Crippen LogP contribution in [0.1, 0.15) is 17.4 Å². The van der Waals surface area contributed by atoms with E-state index in [-0.39, 0.29) is 18.1 Å². The number of benzene rings is 1. The molecule has 0 saturated heterocycles. The molecule has 2 rings (SSSR count). The normalized spacial score (nSPS) is 10.3. The fourth-order valence-corrected chi connectivity index (χ4v) is 2.25. The number of esters is 1. The van der Waals surface area contributed by atoms with Crippen molar-refractivity contribution in [1.82, 2.24) is 9.55 Å². The molecule has 0 saturated carbocycles. The first kappa shape index (κ1) is 14.4. The van der Waals surface area contributed by atoms with Crippen molar-refractivity contribution < 1.29 is 14.3 Å². The molecule has 0 bridgehead atoms. The highest BCUT2D eigenvalue weighted by atomic mass is 79.9. The number of rotatable bonds is 4. The maximum absolute atomic E-state index is 11.7. The molecule has 0 radical (unpaired) electrons. The molecular weight excluding hydrogens is 326 g/mol. The maximum atomic E-state index is 11.7. The molecule has 0 aliphatic rings. The van der Waals surface area contributed by atoms with Gasteiger partial charge in [-0.1, -0.05) is 0 Å². The van der Waals surface area contributed by atoms with Gasteiger partial charge >= 0.3 is 5.97 Å². The van der Waals surface area contributed by atoms with Crippen molar-refractivity contribution in [2.24, 2.45) is 0 Å². The largest absolute Gasteiger partial charge is 0.496 e. The zero-order valence-corrected chi connectivity index (χ0v) is 12.7. The molecule has 0 amide bonds. The lowest BCUT2D eigenvalue weighted by molar-refractivity contribution is 0.0521. The van der Waals surface area contributed by atoms with Gasteiger partial charge in [0.2, 0.25) is 0 Å². The number of anilines is 1. The second-order valence-electron chi connectivity index (χ2n) is 3.89. The fraction of sp³-hybridized carbons (Fsp3) is 0.231. The molecule has 0 unspecified atom stereocenters. The lowest BCUT2D eigenvalue weighted by atomic mass is 10.3. The molecule has 0 aliphatic heterocycles. The third-order valence-corrected chi connectivity index (χ3v) is 3.31. The highest BCUT2D eigenvalue weighted by Crippen LogP contribution is 2.28. The van der Waals surface area contributed by atoms with Gasteiger partial charge in [-0.15, -0.1) is 0 Å². The second-order valence-corrected chi connectivity index (χ2v) is 4.74. The second kappa shape index (κ2) is 5.96. The van der Waals surface area contributed by atoms with Crippen molar-refractivity contribution in [3.63, 3.8) is 0 Å². The predicted molar refractivity (Wildman–Crippen MR) is 78.2 cm³/mol. The van der Waals surface area contributed by atoms with Gasteiger partial charge in [0.1, 0.15) is 17.9 Å². The number of aromatic nitrogens is 2. The Kier molecular flexibility index (Phi) is 4.29. The van der Waals surface area contributed by atoms with Crippen LogP contribution in [0.4, 0.5) is 5.82 Å². The lowest BCUT2D eigenvalue weighted by Crippen LogP contribution is -2.09. The summed E-state index contributed by atoms with van der Waals surface area (Å²) in [7, 11) is 1.59. The van der Waals surface area contributed by atoms with Crippen LogP contribution in [0.5, 0.6) is 5.75 Å². The monoisotopic (exact) mass is 339 g/mol. The number of nitrogens with zero attached hydrogens (tertiary/aromatic N) is 2. The molecule has 7 heteroatoms. The summed E-state index contributed by atoms with van der Waals surface area (Å²) in [6.07, 6.45) is 1.48. The first-order chi connectivity index (χ1) is 9.58. The number of hydrogen-bond donors (Lipinski definition) is 1. The number of carbonyl (C=O) groups excluding carboxylic acids is 1. The van der Waals surface area contributed by atoms with Gasteiger partial charge in [0.25, 0.3) is 0 Å². The Balaban J connectivity index is 2.39. The SMILES string of the molecule is CCOC(=O)c1ncn(-c2ccc(OC)c(Br)c2)c1N. The summed E-state index contributed by atoms with van der Waals surface area (Å²) in [5, 5.41) is 0. The van der Waals surface area contributed by atoms with Gasteiger partial charge in [-0.25, -0.2) is 9.78 Å². The fourth-order valence-electron chi connectivity index (χ4n) is 1.73. The number of ether oxygens (including phenoxy) is 2. The third kappa shape index (κ3) is 2.62. The highest BCUT2D eigenvalue weighted by Gasteiger charge is 2.17. The molecule has 1 aromatic carbocycles. The van der Waals surface area contributed by atoms with Crippen LogP contribution in [0.3, 0.4) is 0 Å². The van der Waals surface area contributed by atoms with E-state index in [1.165, 1.54) is 6.33 Å². The summed E-state index contributed by atoms with van der Waals surface area (Å²) >= 11 is 3.40. The van der Waals surface area contributed by atoms with E-state index in [2.05, 4.69) is 20.9 Å². The van der Waals surface area contributed by atoms with Crippen LogP contribution in [0.2, 0.25) is 0 Å². The number of methoxy groups -OCH3 is 1. The molecule has 1 heterocycles. The van der Waals surface area contributed by atoms with Gasteiger partial charge in [0.15, 0.2) is 5.69 Å². The number of hydrogen-bond acceptors (Lipinski definition) is 5. The first-order valence-corrected chi connectivity index (χ1v) is 6.71. The minimum atomic E-state index is -0.531. The van der Waals surface area contributed by atoms with E-state index in [4.69, 9.17) is 15.2 Å². The summed E-state index contributed by atoms with van der Waals surface area (Å²) < 4.78 is 12.4. The quantitative estimate of drug-likeness (QED) is 0.865. The first-order valence-electron chi connectivity index (χ1n) is 5.92. The number of halogens is 1. The van der Waals surface area contributed by atoms with Crippen LogP contribution in [0.25, 0.3) is 5.69 Å². The van der Waals surface area contributed by atoms with Crippen molar-refractivity contribution in [3.05, 3.63) is 34.7 Å². The molecule has 0 fully saturated rings. The Hall–Kier alpha value is -2.02. The van der Waals surface area contributed by atoms with Crippen LogP contribution in [-0.2, 0) is 4.74 Å². The van der Waals surface area contributed by atoms with Gasteiger partial charge in [0.05, 0.1) is 18.2 Å². The van der Waals surface area contributed by atoms with Crippen LogP contribution >= 0.6 is 15.9 Å².